The van der Waals surface area contributed by atoms with E-state index in [0.717, 1.165) is 43.0 Å². The van der Waals surface area contributed by atoms with Gasteiger partial charge < -0.3 is 9.47 Å². The van der Waals surface area contributed by atoms with E-state index in [1.807, 2.05) is 18.2 Å². The Morgan fingerprint density at radius 1 is 1.26 bits per heavy atom. The summed E-state index contributed by atoms with van der Waals surface area (Å²) < 4.78 is 2.17. The number of benzene rings is 1. The van der Waals surface area contributed by atoms with Crippen LogP contribution in [0.25, 0.3) is 11.0 Å². The van der Waals surface area contributed by atoms with Gasteiger partial charge in [-0.2, -0.15) is 0 Å². The SMILES string of the molecule is CCN(CC)CCn1c(CCl)nc2c(Cl)cccc21. The molecule has 3 nitrogen and oxygen atoms in total. The second-order valence-corrected chi connectivity index (χ2v) is 5.12. The van der Waals surface area contributed by atoms with Gasteiger partial charge in [0.15, 0.2) is 0 Å². The summed E-state index contributed by atoms with van der Waals surface area (Å²) in [6.07, 6.45) is 0. The number of hydrogen-bond donors (Lipinski definition) is 0. The fraction of sp³-hybridized carbons (Fsp3) is 0.500. The van der Waals surface area contributed by atoms with Crippen LogP contribution in [0.3, 0.4) is 0 Å². The molecule has 104 valence electrons. The molecular formula is C14H19Cl2N3. The summed E-state index contributed by atoms with van der Waals surface area (Å²) in [5.74, 6) is 1.29. The Balaban J connectivity index is 2.33. The average molecular weight is 300 g/mol. The second kappa shape index (κ2) is 6.60. The number of alkyl halides is 1. The van der Waals surface area contributed by atoms with E-state index in [1.165, 1.54) is 0 Å². The molecule has 5 heteroatoms. The van der Waals surface area contributed by atoms with Gasteiger partial charge in [0.1, 0.15) is 11.3 Å². The first-order valence-corrected chi connectivity index (χ1v) is 7.54. The van der Waals surface area contributed by atoms with Crippen LogP contribution in [-0.4, -0.2) is 34.1 Å². The monoisotopic (exact) mass is 299 g/mol. The number of rotatable bonds is 6. The third-order valence-corrected chi connectivity index (χ3v) is 4.01. The van der Waals surface area contributed by atoms with Crippen LogP contribution < -0.4 is 0 Å². The molecule has 0 fully saturated rings. The molecule has 1 aromatic heterocycles. The summed E-state index contributed by atoms with van der Waals surface area (Å²) in [5, 5.41) is 0.686. The molecule has 0 aliphatic rings. The van der Waals surface area contributed by atoms with Crippen LogP contribution >= 0.6 is 23.2 Å². The quantitative estimate of drug-likeness (QED) is 0.757. The molecule has 0 N–H and O–H groups in total. The lowest BCUT2D eigenvalue weighted by Crippen LogP contribution is -2.27. The van der Waals surface area contributed by atoms with E-state index in [4.69, 9.17) is 23.2 Å². The van der Waals surface area contributed by atoms with Crippen molar-refractivity contribution in [1.82, 2.24) is 14.5 Å². The third-order valence-electron chi connectivity index (χ3n) is 3.46. The van der Waals surface area contributed by atoms with Gasteiger partial charge in [-0.1, -0.05) is 31.5 Å². The number of fused-ring (bicyclic) bond motifs is 1. The van der Waals surface area contributed by atoms with Crippen molar-refractivity contribution in [1.29, 1.82) is 0 Å². The Morgan fingerprint density at radius 2 is 2.00 bits per heavy atom. The number of likely N-dealkylation sites (N-methyl/N-ethyl adjacent to an activating group) is 1. The second-order valence-electron chi connectivity index (χ2n) is 4.45. The highest BCUT2D eigenvalue weighted by Gasteiger charge is 2.12. The minimum Gasteiger partial charge on any atom is -0.326 e. The molecule has 0 unspecified atom stereocenters. The zero-order valence-electron chi connectivity index (χ0n) is 11.4. The van der Waals surface area contributed by atoms with Crippen LogP contribution in [0.4, 0.5) is 0 Å². The molecule has 0 saturated heterocycles. The van der Waals surface area contributed by atoms with Gasteiger partial charge in [0.25, 0.3) is 0 Å². The van der Waals surface area contributed by atoms with Crippen molar-refractivity contribution < 1.29 is 0 Å². The maximum absolute atomic E-state index is 6.19. The van der Waals surface area contributed by atoms with Crippen LogP contribution in [0.15, 0.2) is 18.2 Å². The number of hydrogen-bond acceptors (Lipinski definition) is 2. The third kappa shape index (κ3) is 3.04. The van der Waals surface area contributed by atoms with Crippen molar-refractivity contribution in [3.8, 4) is 0 Å². The predicted molar refractivity (Wildman–Crippen MR) is 82.1 cm³/mol. The van der Waals surface area contributed by atoms with Crippen LogP contribution in [0.1, 0.15) is 19.7 Å². The molecule has 0 aliphatic heterocycles. The molecule has 0 spiro atoms. The van der Waals surface area contributed by atoms with Gasteiger partial charge in [-0.15, -0.1) is 11.6 Å². The summed E-state index contributed by atoms with van der Waals surface area (Å²) in [7, 11) is 0. The largest absolute Gasteiger partial charge is 0.326 e. The summed E-state index contributed by atoms with van der Waals surface area (Å²) in [6.45, 7) is 8.35. The molecule has 0 atom stereocenters. The first-order valence-electron chi connectivity index (χ1n) is 6.63. The fourth-order valence-corrected chi connectivity index (χ4v) is 2.71. The Labute approximate surface area is 124 Å². The standard InChI is InChI=1S/C14H19Cl2N3/c1-3-18(4-2)8-9-19-12-7-5-6-11(16)14(12)17-13(19)10-15/h5-7H,3-4,8-10H2,1-2H3. The minimum atomic E-state index is 0.406. The molecule has 1 heterocycles. The first-order chi connectivity index (χ1) is 9.21. The maximum Gasteiger partial charge on any atom is 0.124 e. The molecule has 0 radical (unpaired) electrons. The number of imidazole rings is 1. The molecule has 19 heavy (non-hydrogen) atoms. The highest BCUT2D eigenvalue weighted by molar-refractivity contribution is 6.34. The Kier molecular flexibility index (Phi) is 5.08. The highest BCUT2D eigenvalue weighted by atomic mass is 35.5. The van der Waals surface area contributed by atoms with E-state index in [0.29, 0.717) is 10.9 Å². The predicted octanol–water partition coefficient (Wildman–Crippen LogP) is 3.77. The van der Waals surface area contributed by atoms with Crippen LogP contribution in [0, 0.1) is 0 Å². The topological polar surface area (TPSA) is 21.1 Å². The lowest BCUT2D eigenvalue weighted by atomic mass is 10.3. The summed E-state index contributed by atoms with van der Waals surface area (Å²) in [6, 6.07) is 5.87. The van der Waals surface area contributed by atoms with Crippen molar-refractivity contribution in [3.05, 3.63) is 29.0 Å². The van der Waals surface area contributed by atoms with Crippen LogP contribution in [-0.2, 0) is 12.4 Å². The fourth-order valence-electron chi connectivity index (χ4n) is 2.29. The van der Waals surface area contributed by atoms with Crippen LogP contribution in [0.2, 0.25) is 5.02 Å². The molecule has 0 amide bonds. The molecular weight excluding hydrogens is 281 g/mol. The van der Waals surface area contributed by atoms with E-state index in [-0.39, 0.29) is 0 Å². The van der Waals surface area contributed by atoms with E-state index in [2.05, 4.69) is 28.3 Å². The summed E-state index contributed by atoms with van der Waals surface area (Å²) >= 11 is 12.2. The smallest absolute Gasteiger partial charge is 0.124 e. The van der Waals surface area contributed by atoms with Crippen molar-refractivity contribution in [2.75, 3.05) is 19.6 Å². The molecule has 1 aromatic carbocycles. The Morgan fingerprint density at radius 3 is 2.63 bits per heavy atom. The van der Waals surface area contributed by atoms with E-state index >= 15 is 0 Å². The highest BCUT2D eigenvalue weighted by Crippen LogP contribution is 2.24. The maximum atomic E-state index is 6.19. The first kappa shape index (κ1) is 14.6. The van der Waals surface area contributed by atoms with Gasteiger partial charge in [-0.3, -0.25) is 0 Å². The zero-order chi connectivity index (χ0) is 13.8. The number of halogens is 2. The molecule has 0 saturated carbocycles. The molecule has 0 bridgehead atoms. The molecule has 2 rings (SSSR count). The molecule has 0 aliphatic carbocycles. The lowest BCUT2D eigenvalue weighted by molar-refractivity contribution is 0.291. The summed E-state index contributed by atoms with van der Waals surface area (Å²) in [4.78, 5) is 6.92. The van der Waals surface area contributed by atoms with Gasteiger partial charge >= 0.3 is 0 Å². The molecule has 2 aromatic rings. The zero-order valence-corrected chi connectivity index (χ0v) is 12.9. The van der Waals surface area contributed by atoms with E-state index < -0.39 is 0 Å². The minimum absolute atomic E-state index is 0.406. The van der Waals surface area contributed by atoms with Gasteiger partial charge in [0.2, 0.25) is 0 Å². The average Bonchev–Trinajstić information content (AvgIpc) is 2.79. The number of aromatic nitrogens is 2. The van der Waals surface area contributed by atoms with Crippen molar-refractivity contribution in [2.45, 2.75) is 26.3 Å². The lowest BCUT2D eigenvalue weighted by Gasteiger charge is -2.19. The number of nitrogens with zero attached hydrogens (tertiary/aromatic N) is 3. The van der Waals surface area contributed by atoms with Gasteiger partial charge in [-0.25, -0.2) is 4.98 Å². The number of para-hydroxylation sites is 1. The van der Waals surface area contributed by atoms with Crippen molar-refractivity contribution in [2.24, 2.45) is 0 Å². The van der Waals surface area contributed by atoms with Crippen molar-refractivity contribution in [3.63, 3.8) is 0 Å². The van der Waals surface area contributed by atoms with E-state index in [9.17, 15) is 0 Å². The van der Waals surface area contributed by atoms with Gasteiger partial charge in [0.05, 0.1) is 16.4 Å². The Hall–Kier alpha value is -0.770. The van der Waals surface area contributed by atoms with Crippen molar-refractivity contribution >= 4 is 34.2 Å². The van der Waals surface area contributed by atoms with Gasteiger partial charge in [0, 0.05) is 13.1 Å². The Bertz CT molecular complexity index is 547. The summed E-state index contributed by atoms with van der Waals surface area (Å²) in [5.41, 5.74) is 1.91. The van der Waals surface area contributed by atoms with Crippen LogP contribution in [0.5, 0.6) is 0 Å². The normalized spacial score (nSPS) is 11.6. The van der Waals surface area contributed by atoms with E-state index in [1.54, 1.807) is 0 Å². The van der Waals surface area contributed by atoms with Gasteiger partial charge in [-0.05, 0) is 25.2 Å².